The van der Waals surface area contributed by atoms with Crippen LogP contribution in [0.5, 0.6) is 0 Å². The van der Waals surface area contributed by atoms with Gasteiger partial charge in [0.05, 0.1) is 36.7 Å². The van der Waals surface area contributed by atoms with Gasteiger partial charge in [-0.15, -0.1) is 0 Å². The van der Waals surface area contributed by atoms with E-state index in [1.54, 1.807) is 23.0 Å². The summed E-state index contributed by atoms with van der Waals surface area (Å²) >= 11 is 0. The maximum absolute atomic E-state index is 13.5. The summed E-state index contributed by atoms with van der Waals surface area (Å²) in [6, 6.07) is 11.7. The number of hydrogen-bond acceptors (Lipinski definition) is 4. The molecular weight excluding hydrogens is 378 g/mol. The van der Waals surface area contributed by atoms with Crippen LogP contribution in [0.3, 0.4) is 0 Å². The van der Waals surface area contributed by atoms with E-state index in [2.05, 4.69) is 11.9 Å². The number of carbonyl (C=O) groups is 2. The average Bonchev–Trinajstić information content (AvgIpc) is 3.38. The molecule has 0 N–H and O–H groups in total. The smallest absolute Gasteiger partial charge is 0.234 e. The van der Waals surface area contributed by atoms with Crippen LogP contribution in [0.15, 0.2) is 54.7 Å². The van der Waals surface area contributed by atoms with E-state index < -0.39 is 17.4 Å². The van der Waals surface area contributed by atoms with Crippen LogP contribution >= 0.6 is 0 Å². The number of ether oxygens (including phenoxy) is 1. The highest BCUT2D eigenvalue weighted by atomic mass is 16.5. The molecule has 1 aromatic carbocycles. The molecule has 2 aromatic rings. The Hall–Kier alpha value is -2.99. The summed E-state index contributed by atoms with van der Waals surface area (Å²) in [6.45, 7) is 4.94. The third-order valence-corrected chi connectivity index (χ3v) is 6.69. The number of anilines is 1. The molecule has 0 saturated carbocycles. The fourth-order valence-corrected chi connectivity index (χ4v) is 4.96. The topological polar surface area (TPSA) is 62.7 Å². The minimum Gasteiger partial charge on any atom is -0.360 e. The number of aromatic nitrogens is 1. The van der Waals surface area contributed by atoms with Gasteiger partial charge < -0.3 is 14.5 Å². The van der Waals surface area contributed by atoms with Crippen molar-refractivity contribution in [2.45, 2.75) is 32.1 Å². The molecule has 4 atom stereocenters. The Balaban J connectivity index is 1.42. The fraction of sp³-hybridized carbons (Fsp3) is 0.375. The van der Waals surface area contributed by atoms with Gasteiger partial charge in [-0.25, -0.2) is 0 Å². The molecule has 30 heavy (non-hydrogen) atoms. The number of benzene rings is 1. The van der Waals surface area contributed by atoms with Crippen molar-refractivity contribution in [2.24, 2.45) is 11.8 Å². The molecule has 2 amide bonds. The van der Waals surface area contributed by atoms with E-state index in [0.29, 0.717) is 13.1 Å². The zero-order chi connectivity index (χ0) is 21.0. The van der Waals surface area contributed by atoms with Gasteiger partial charge in [-0.1, -0.05) is 24.3 Å². The van der Waals surface area contributed by atoms with Crippen molar-refractivity contribution >= 4 is 17.5 Å². The lowest BCUT2D eigenvalue weighted by atomic mass is 9.76. The lowest BCUT2D eigenvalue weighted by Crippen LogP contribution is -2.44. The molecule has 2 saturated heterocycles. The number of pyridine rings is 1. The summed E-state index contributed by atoms with van der Waals surface area (Å²) < 4.78 is 6.26. The Morgan fingerprint density at radius 3 is 2.83 bits per heavy atom. The van der Waals surface area contributed by atoms with E-state index in [9.17, 15) is 9.59 Å². The number of aryl methyl sites for hydroxylation is 2. The van der Waals surface area contributed by atoms with Crippen LogP contribution in [0, 0.1) is 25.7 Å². The Morgan fingerprint density at radius 1 is 1.27 bits per heavy atom. The Labute approximate surface area is 176 Å². The lowest BCUT2D eigenvalue weighted by molar-refractivity contribution is -0.139. The maximum Gasteiger partial charge on any atom is 0.234 e. The summed E-state index contributed by atoms with van der Waals surface area (Å²) in [7, 11) is 1.76. The van der Waals surface area contributed by atoms with Gasteiger partial charge in [-0.05, 0) is 49.2 Å². The summed E-state index contributed by atoms with van der Waals surface area (Å²) in [4.78, 5) is 34.6. The SMILES string of the molecule is Cc1ccc(N2C[C@]34C=C[C@H](O3)[C@@H](C(=O)N(C)Cc3ccccn3)[C@H]4C2=O)cc1C. The first-order chi connectivity index (χ1) is 14.4. The van der Waals surface area contributed by atoms with Gasteiger partial charge in [0.25, 0.3) is 0 Å². The molecule has 0 unspecified atom stereocenters. The summed E-state index contributed by atoms with van der Waals surface area (Å²) in [5.41, 5.74) is 3.29. The van der Waals surface area contributed by atoms with Crippen LogP contribution in [0.4, 0.5) is 5.69 Å². The van der Waals surface area contributed by atoms with Gasteiger partial charge >= 0.3 is 0 Å². The first-order valence-corrected chi connectivity index (χ1v) is 10.3. The van der Waals surface area contributed by atoms with Gasteiger partial charge in [0.15, 0.2) is 0 Å². The Bertz CT molecular complexity index is 1050. The second kappa shape index (κ2) is 6.77. The summed E-state index contributed by atoms with van der Waals surface area (Å²) in [5, 5.41) is 0. The molecule has 5 rings (SSSR count). The minimum atomic E-state index is -0.716. The quantitative estimate of drug-likeness (QED) is 0.737. The molecular formula is C24H25N3O3. The van der Waals surface area contributed by atoms with Crippen LogP contribution in [0.2, 0.25) is 0 Å². The molecule has 3 aliphatic rings. The molecule has 2 fully saturated rings. The van der Waals surface area contributed by atoms with Crippen molar-refractivity contribution in [1.29, 1.82) is 0 Å². The Kier molecular flexibility index (Phi) is 4.29. The number of hydrogen-bond donors (Lipinski definition) is 0. The van der Waals surface area contributed by atoms with Crippen LogP contribution in [0.1, 0.15) is 16.8 Å². The highest BCUT2D eigenvalue weighted by molar-refractivity contribution is 6.03. The second-order valence-corrected chi connectivity index (χ2v) is 8.61. The van der Waals surface area contributed by atoms with E-state index in [-0.39, 0.29) is 17.9 Å². The molecule has 4 heterocycles. The Morgan fingerprint density at radius 2 is 2.10 bits per heavy atom. The average molecular weight is 403 g/mol. The molecule has 2 bridgehead atoms. The second-order valence-electron chi connectivity index (χ2n) is 8.61. The molecule has 0 radical (unpaired) electrons. The number of amides is 2. The monoisotopic (exact) mass is 403 g/mol. The van der Waals surface area contributed by atoms with Gasteiger partial charge in [-0.2, -0.15) is 0 Å². The predicted octanol–water partition coefficient (Wildman–Crippen LogP) is 2.64. The summed E-state index contributed by atoms with van der Waals surface area (Å²) in [6.07, 6.45) is 5.31. The molecule has 1 spiro atoms. The lowest BCUT2D eigenvalue weighted by Gasteiger charge is -2.27. The highest BCUT2D eigenvalue weighted by Gasteiger charge is 2.67. The van der Waals surface area contributed by atoms with Crippen molar-refractivity contribution in [2.75, 3.05) is 18.5 Å². The molecule has 0 aliphatic carbocycles. The van der Waals surface area contributed by atoms with Crippen LogP contribution < -0.4 is 4.90 Å². The third-order valence-electron chi connectivity index (χ3n) is 6.69. The zero-order valence-corrected chi connectivity index (χ0v) is 17.4. The van der Waals surface area contributed by atoms with Crippen molar-refractivity contribution in [1.82, 2.24) is 9.88 Å². The van der Waals surface area contributed by atoms with E-state index in [1.165, 1.54) is 5.56 Å². The molecule has 6 nitrogen and oxygen atoms in total. The van der Waals surface area contributed by atoms with Gasteiger partial charge in [0, 0.05) is 18.9 Å². The fourth-order valence-electron chi connectivity index (χ4n) is 4.96. The zero-order valence-electron chi connectivity index (χ0n) is 17.4. The van der Waals surface area contributed by atoms with Crippen LogP contribution in [0.25, 0.3) is 0 Å². The molecule has 6 heteroatoms. The van der Waals surface area contributed by atoms with E-state index in [0.717, 1.165) is 16.9 Å². The van der Waals surface area contributed by atoms with Gasteiger partial charge in [0.2, 0.25) is 11.8 Å². The van der Waals surface area contributed by atoms with Crippen molar-refractivity contribution in [3.05, 3.63) is 71.6 Å². The molecule has 3 aliphatic heterocycles. The highest BCUT2D eigenvalue weighted by Crippen LogP contribution is 2.53. The number of carbonyl (C=O) groups excluding carboxylic acids is 2. The van der Waals surface area contributed by atoms with Crippen molar-refractivity contribution in [3.8, 4) is 0 Å². The number of rotatable bonds is 4. The normalized spacial score (nSPS) is 28.8. The first kappa shape index (κ1) is 19.0. The van der Waals surface area contributed by atoms with Gasteiger partial charge in [0.1, 0.15) is 5.60 Å². The number of nitrogens with zero attached hydrogens (tertiary/aromatic N) is 3. The van der Waals surface area contributed by atoms with Gasteiger partial charge in [-0.3, -0.25) is 14.6 Å². The maximum atomic E-state index is 13.5. The van der Waals surface area contributed by atoms with Crippen LogP contribution in [-0.4, -0.2) is 47.0 Å². The predicted molar refractivity (Wildman–Crippen MR) is 113 cm³/mol. The molecule has 1 aromatic heterocycles. The van der Waals surface area contributed by atoms with E-state index in [1.807, 2.05) is 55.5 Å². The van der Waals surface area contributed by atoms with Crippen molar-refractivity contribution < 1.29 is 14.3 Å². The largest absolute Gasteiger partial charge is 0.360 e. The number of fused-ring (bicyclic) bond motifs is 1. The molecule has 154 valence electrons. The van der Waals surface area contributed by atoms with E-state index in [4.69, 9.17) is 4.74 Å². The third kappa shape index (κ3) is 2.78. The van der Waals surface area contributed by atoms with Crippen LogP contribution in [-0.2, 0) is 20.9 Å². The van der Waals surface area contributed by atoms with E-state index >= 15 is 0 Å². The standard InChI is InChI=1S/C24H25N3O3/c1-15-7-8-18(12-16(15)2)27-14-24-10-9-19(30-24)20(21(24)23(27)29)22(28)26(3)13-17-6-4-5-11-25-17/h4-12,19-21H,13-14H2,1-3H3/t19-,20+,21-,24-/m0/s1. The summed E-state index contributed by atoms with van der Waals surface area (Å²) in [5.74, 6) is -1.10. The van der Waals surface area contributed by atoms with Crippen molar-refractivity contribution in [3.63, 3.8) is 0 Å². The minimum absolute atomic E-state index is 0.0327. The first-order valence-electron chi connectivity index (χ1n) is 10.3.